The summed E-state index contributed by atoms with van der Waals surface area (Å²) in [5.74, 6) is 0.821. The number of nitrogens with two attached hydrogens (primary N) is 1. The molecule has 100 valence electrons. The van der Waals surface area contributed by atoms with E-state index in [-0.39, 0.29) is 0 Å². The Bertz CT molecular complexity index is 756. The van der Waals surface area contributed by atoms with Gasteiger partial charge in [0, 0.05) is 22.6 Å². The number of pyridine rings is 1. The van der Waals surface area contributed by atoms with Crippen molar-refractivity contribution in [1.82, 2.24) is 4.98 Å². The van der Waals surface area contributed by atoms with Gasteiger partial charge in [-0.25, -0.2) is 4.98 Å². The van der Waals surface area contributed by atoms with Crippen LogP contribution in [0, 0.1) is 0 Å². The highest BCUT2D eigenvalue weighted by Crippen LogP contribution is 2.20. The molecule has 20 heavy (non-hydrogen) atoms. The first-order valence-corrected chi connectivity index (χ1v) is 6.74. The minimum Gasteiger partial charge on any atom is -0.399 e. The summed E-state index contributed by atoms with van der Waals surface area (Å²) in [6.45, 7) is 0.646. The number of nitrogens with zero attached hydrogens (tertiary/aromatic N) is 1. The minimum absolute atomic E-state index is 0.646. The lowest BCUT2D eigenvalue weighted by Crippen LogP contribution is -2.01. The van der Waals surface area contributed by atoms with E-state index in [0.717, 1.165) is 33.0 Å². The smallest absolute Gasteiger partial charge is 0.126 e. The van der Waals surface area contributed by atoms with Gasteiger partial charge in [0.15, 0.2) is 0 Å². The van der Waals surface area contributed by atoms with E-state index >= 15 is 0 Å². The molecule has 0 saturated heterocycles. The Kier molecular flexibility index (Phi) is 3.44. The predicted molar refractivity (Wildman–Crippen MR) is 84.9 cm³/mol. The van der Waals surface area contributed by atoms with Gasteiger partial charge in [0.25, 0.3) is 0 Å². The van der Waals surface area contributed by atoms with E-state index in [0.29, 0.717) is 6.54 Å². The van der Waals surface area contributed by atoms with Gasteiger partial charge in [0.05, 0.1) is 5.52 Å². The van der Waals surface area contributed by atoms with E-state index < -0.39 is 0 Å². The molecular weight excluding hydrogens is 270 g/mol. The SMILES string of the molecule is Nc1ccc2nc(NCc3ccccc3Cl)ccc2c1. The number of anilines is 2. The van der Waals surface area contributed by atoms with Crippen LogP contribution in [-0.4, -0.2) is 4.98 Å². The molecule has 0 fully saturated rings. The first-order valence-electron chi connectivity index (χ1n) is 6.36. The largest absolute Gasteiger partial charge is 0.399 e. The third-order valence-corrected chi connectivity index (χ3v) is 3.50. The lowest BCUT2D eigenvalue weighted by Gasteiger charge is -2.08. The summed E-state index contributed by atoms with van der Waals surface area (Å²) in [4.78, 5) is 4.55. The average Bonchev–Trinajstić information content (AvgIpc) is 2.46. The highest BCUT2D eigenvalue weighted by atomic mass is 35.5. The normalized spacial score (nSPS) is 10.7. The second-order valence-electron chi connectivity index (χ2n) is 4.59. The molecule has 0 aliphatic heterocycles. The number of rotatable bonds is 3. The fourth-order valence-electron chi connectivity index (χ4n) is 2.07. The molecule has 0 radical (unpaired) electrons. The minimum atomic E-state index is 0.646. The third-order valence-electron chi connectivity index (χ3n) is 3.13. The summed E-state index contributed by atoms with van der Waals surface area (Å²) in [7, 11) is 0. The van der Waals surface area contributed by atoms with Crippen molar-refractivity contribution in [1.29, 1.82) is 0 Å². The molecule has 0 amide bonds. The summed E-state index contributed by atoms with van der Waals surface area (Å²) < 4.78 is 0. The van der Waals surface area contributed by atoms with E-state index in [1.807, 2.05) is 54.6 Å². The quantitative estimate of drug-likeness (QED) is 0.712. The van der Waals surface area contributed by atoms with Crippen LogP contribution in [0.15, 0.2) is 54.6 Å². The highest BCUT2D eigenvalue weighted by Gasteiger charge is 2.01. The van der Waals surface area contributed by atoms with Gasteiger partial charge in [-0.2, -0.15) is 0 Å². The third kappa shape index (κ3) is 2.68. The maximum atomic E-state index is 6.13. The zero-order valence-corrected chi connectivity index (χ0v) is 11.6. The van der Waals surface area contributed by atoms with Crippen molar-refractivity contribution in [2.75, 3.05) is 11.1 Å². The van der Waals surface area contributed by atoms with E-state index in [4.69, 9.17) is 17.3 Å². The molecule has 0 spiro atoms. The Balaban J connectivity index is 1.81. The molecule has 4 heteroatoms. The van der Waals surface area contributed by atoms with Gasteiger partial charge in [-0.15, -0.1) is 0 Å². The summed E-state index contributed by atoms with van der Waals surface area (Å²) in [6.07, 6.45) is 0. The van der Waals surface area contributed by atoms with Crippen LogP contribution >= 0.6 is 11.6 Å². The van der Waals surface area contributed by atoms with Crippen molar-refractivity contribution in [3.63, 3.8) is 0 Å². The van der Waals surface area contributed by atoms with Crippen molar-refractivity contribution < 1.29 is 0 Å². The fourth-order valence-corrected chi connectivity index (χ4v) is 2.27. The molecule has 0 aliphatic carbocycles. The summed E-state index contributed by atoms with van der Waals surface area (Å²) >= 11 is 6.13. The number of nitrogens with one attached hydrogen (secondary N) is 1. The molecule has 0 saturated carbocycles. The fraction of sp³-hybridized carbons (Fsp3) is 0.0625. The summed E-state index contributed by atoms with van der Waals surface area (Å²) in [6, 6.07) is 17.4. The zero-order chi connectivity index (χ0) is 13.9. The molecule has 0 unspecified atom stereocenters. The molecular formula is C16H14ClN3. The number of nitrogen functional groups attached to an aromatic ring is 1. The first kappa shape index (κ1) is 12.8. The molecule has 3 N–H and O–H groups in total. The van der Waals surface area contributed by atoms with Gasteiger partial charge < -0.3 is 11.1 Å². The van der Waals surface area contributed by atoms with Gasteiger partial charge >= 0.3 is 0 Å². The molecule has 0 bridgehead atoms. The molecule has 0 aliphatic rings. The van der Waals surface area contributed by atoms with E-state index in [2.05, 4.69) is 10.3 Å². The monoisotopic (exact) mass is 283 g/mol. The summed E-state index contributed by atoms with van der Waals surface area (Å²) in [5, 5.41) is 5.08. The van der Waals surface area contributed by atoms with Crippen molar-refractivity contribution in [2.24, 2.45) is 0 Å². The van der Waals surface area contributed by atoms with Gasteiger partial charge in [0.1, 0.15) is 5.82 Å². The second-order valence-corrected chi connectivity index (χ2v) is 5.00. The molecule has 2 aromatic carbocycles. The molecule has 1 aromatic heterocycles. The van der Waals surface area contributed by atoms with Gasteiger partial charge in [-0.3, -0.25) is 0 Å². The molecule has 3 rings (SSSR count). The van der Waals surface area contributed by atoms with Gasteiger partial charge in [-0.1, -0.05) is 29.8 Å². The van der Waals surface area contributed by atoms with Crippen LogP contribution in [0.1, 0.15) is 5.56 Å². The van der Waals surface area contributed by atoms with Crippen LogP contribution in [0.5, 0.6) is 0 Å². The average molecular weight is 284 g/mol. The van der Waals surface area contributed by atoms with Crippen LogP contribution in [-0.2, 0) is 6.54 Å². The predicted octanol–water partition coefficient (Wildman–Crippen LogP) is 4.08. The van der Waals surface area contributed by atoms with Crippen molar-refractivity contribution in [3.8, 4) is 0 Å². The topological polar surface area (TPSA) is 50.9 Å². The van der Waals surface area contributed by atoms with Crippen molar-refractivity contribution in [3.05, 3.63) is 65.2 Å². The Morgan fingerprint density at radius 3 is 2.75 bits per heavy atom. The number of halogens is 1. The molecule has 3 nitrogen and oxygen atoms in total. The lowest BCUT2D eigenvalue weighted by atomic mass is 10.2. The Morgan fingerprint density at radius 1 is 1.05 bits per heavy atom. The number of hydrogen-bond acceptors (Lipinski definition) is 3. The molecule has 3 aromatic rings. The van der Waals surface area contributed by atoms with Crippen molar-refractivity contribution in [2.45, 2.75) is 6.54 Å². The van der Waals surface area contributed by atoms with E-state index in [1.54, 1.807) is 0 Å². The molecule has 1 heterocycles. The standard InChI is InChI=1S/C16H14ClN3/c17-14-4-2-1-3-12(14)10-19-16-8-5-11-9-13(18)6-7-15(11)20-16/h1-9H,10,18H2,(H,19,20). The maximum absolute atomic E-state index is 6.13. The van der Waals surface area contributed by atoms with Gasteiger partial charge in [-0.05, 0) is 42.0 Å². The lowest BCUT2D eigenvalue weighted by molar-refractivity contribution is 1.12. The zero-order valence-electron chi connectivity index (χ0n) is 10.8. The maximum Gasteiger partial charge on any atom is 0.126 e. The van der Waals surface area contributed by atoms with Crippen molar-refractivity contribution >= 4 is 34.0 Å². The number of aromatic nitrogens is 1. The van der Waals surface area contributed by atoms with E-state index in [1.165, 1.54) is 0 Å². The van der Waals surface area contributed by atoms with Gasteiger partial charge in [0.2, 0.25) is 0 Å². The van der Waals surface area contributed by atoms with Crippen LogP contribution in [0.25, 0.3) is 10.9 Å². The Hall–Kier alpha value is -2.26. The number of fused-ring (bicyclic) bond motifs is 1. The molecule has 0 atom stereocenters. The van der Waals surface area contributed by atoms with Crippen LogP contribution in [0.3, 0.4) is 0 Å². The summed E-state index contributed by atoms with van der Waals surface area (Å²) in [5.41, 5.74) is 8.47. The first-order chi connectivity index (χ1) is 9.72. The second kappa shape index (κ2) is 5.39. The number of benzene rings is 2. The Morgan fingerprint density at radius 2 is 1.90 bits per heavy atom. The Labute approximate surface area is 122 Å². The highest BCUT2D eigenvalue weighted by molar-refractivity contribution is 6.31. The van der Waals surface area contributed by atoms with Crippen LogP contribution < -0.4 is 11.1 Å². The number of hydrogen-bond donors (Lipinski definition) is 2. The van der Waals surface area contributed by atoms with E-state index in [9.17, 15) is 0 Å². The van der Waals surface area contributed by atoms with Crippen LogP contribution in [0.2, 0.25) is 5.02 Å². The van der Waals surface area contributed by atoms with Crippen LogP contribution in [0.4, 0.5) is 11.5 Å².